The van der Waals surface area contributed by atoms with Gasteiger partial charge in [-0.05, 0) is 36.4 Å². The third kappa shape index (κ3) is 5.16. The number of carbonyl (C=O) groups is 1. The van der Waals surface area contributed by atoms with E-state index in [0.29, 0.717) is 30.0 Å². The number of carbonyl (C=O) groups excluding carboxylic acids is 1. The van der Waals surface area contributed by atoms with Crippen LogP contribution in [0.2, 0.25) is 0 Å². The highest BCUT2D eigenvalue weighted by Gasteiger charge is 2.30. The second kappa shape index (κ2) is 8.97. The maximum absolute atomic E-state index is 13.2. The second-order valence-electron chi connectivity index (χ2n) is 7.86. The number of aromatic nitrogens is 2. The smallest absolute Gasteiger partial charge is 0.380 e. The highest BCUT2D eigenvalue weighted by Crippen LogP contribution is 2.31. The van der Waals surface area contributed by atoms with Crippen molar-refractivity contribution in [1.82, 2.24) is 14.9 Å². The molecule has 172 valence electrons. The summed E-state index contributed by atoms with van der Waals surface area (Å²) in [5, 5.41) is 6.03. The first kappa shape index (κ1) is 22.4. The van der Waals surface area contributed by atoms with Crippen LogP contribution in [0.3, 0.4) is 0 Å². The Balaban J connectivity index is 1.55. The predicted octanol–water partition coefficient (Wildman–Crippen LogP) is 4.37. The number of halogens is 3. The maximum Gasteiger partial charge on any atom is 0.416 e. The Morgan fingerprint density at radius 1 is 1.15 bits per heavy atom. The minimum atomic E-state index is -4.44. The first-order valence-corrected chi connectivity index (χ1v) is 10.3. The fraction of sp³-hybridized carbons (Fsp3) is 0.261. The Labute approximate surface area is 189 Å². The van der Waals surface area contributed by atoms with Crippen LogP contribution in [0, 0.1) is 0 Å². The van der Waals surface area contributed by atoms with Crippen molar-refractivity contribution < 1.29 is 18.0 Å². The van der Waals surface area contributed by atoms with Gasteiger partial charge in [0.05, 0.1) is 29.7 Å². The van der Waals surface area contributed by atoms with Gasteiger partial charge in [0, 0.05) is 44.1 Å². The van der Waals surface area contributed by atoms with Gasteiger partial charge in [0.15, 0.2) is 0 Å². The first-order valence-electron chi connectivity index (χ1n) is 10.3. The van der Waals surface area contributed by atoms with Gasteiger partial charge in [0.1, 0.15) is 0 Å². The molecule has 10 heteroatoms. The van der Waals surface area contributed by atoms with E-state index in [0.717, 1.165) is 17.8 Å². The summed E-state index contributed by atoms with van der Waals surface area (Å²) in [4.78, 5) is 25.4. The summed E-state index contributed by atoms with van der Waals surface area (Å²) in [6.07, 6.45) is -2.88. The molecule has 33 heavy (non-hydrogen) atoms. The van der Waals surface area contributed by atoms with Crippen molar-refractivity contribution in [2.75, 3.05) is 42.7 Å². The minimum absolute atomic E-state index is 0.126. The fourth-order valence-corrected chi connectivity index (χ4v) is 3.51. The lowest BCUT2D eigenvalue weighted by Gasteiger charge is -2.21. The molecule has 4 rings (SSSR count). The van der Waals surface area contributed by atoms with Gasteiger partial charge in [-0.3, -0.25) is 4.79 Å². The van der Waals surface area contributed by atoms with Gasteiger partial charge in [-0.25, -0.2) is 9.97 Å². The van der Waals surface area contributed by atoms with Crippen molar-refractivity contribution in [1.29, 1.82) is 0 Å². The number of benzene rings is 2. The van der Waals surface area contributed by atoms with Crippen molar-refractivity contribution in [2.24, 2.45) is 0 Å². The van der Waals surface area contributed by atoms with Gasteiger partial charge in [-0.15, -0.1) is 0 Å². The van der Waals surface area contributed by atoms with E-state index in [-0.39, 0.29) is 24.1 Å². The van der Waals surface area contributed by atoms with Crippen LogP contribution in [0.25, 0.3) is 0 Å². The molecule has 1 amide bonds. The summed E-state index contributed by atoms with van der Waals surface area (Å²) in [5.74, 6) is 0.0260. The largest absolute Gasteiger partial charge is 0.416 e. The molecule has 0 radical (unpaired) electrons. The molecule has 0 spiro atoms. The highest BCUT2D eigenvalue weighted by molar-refractivity contribution is 5.95. The van der Waals surface area contributed by atoms with Crippen LogP contribution >= 0.6 is 0 Å². The van der Waals surface area contributed by atoms with Crippen molar-refractivity contribution >= 4 is 28.9 Å². The monoisotopic (exact) mass is 456 g/mol. The van der Waals surface area contributed by atoms with E-state index in [9.17, 15) is 18.0 Å². The average Bonchev–Trinajstić information content (AvgIpc) is 3.00. The van der Waals surface area contributed by atoms with E-state index in [2.05, 4.69) is 20.6 Å². The Bertz CT molecular complexity index is 1160. The summed E-state index contributed by atoms with van der Waals surface area (Å²) in [7, 11) is 3.82. The van der Waals surface area contributed by atoms with Gasteiger partial charge >= 0.3 is 6.18 Å². The van der Waals surface area contributed by atoms with E-state index in [1.165, 1.54) is 12.1 Å². The molecule has 7 nitrogen and oxygen atoms in total. The molecule has 2 N–H and O–H groups in total. The van der Waals surface area contributed by atoms with Gasteiger partial charge < -0.3 is 20.4 Å². The molecule has 0 aliphatic carbocycles. The number of anilines is 4. The molecule has 0 saturated heterocycles. The minimum Gasteiger partial charge on any atom is -0.380 e. The standard InChI is InChI=1S/C23H23F3N6O/c1-31(2)18-8-3-5-15(11-18)21(33)32-10-9-27-19-13-28-22(30-20(19)14-32)29-17-7-4-6-16(12-17)23(24,25)26/h3-8,11-13,27H,9-10,14H2,1-2H3,(H,28,29,30). The van der Waals surface area contributed by atoms with E-state index < -0.39 is 11.7 Å². The van der Waals surface area contributed by atoms with Crippen LogP contribution in [-0.2, 0) is 12.7 Å². The summed E-state index contributed by atoms with van der Waals surface area (Å²) < 4.78 is 39.0. The number of nitrogens with zero attached hydrogens (tertiary/aromatic N) is 4. The van der Waals surface area contributed by atoms with E-state index >= 15 is 0 Å². The van der Waals surface area contributed by atoms with Gasteiger partial charge in [-0.1, -0.05) is 12.1 Å². The predicted molar refractivity (Wildman–Crippen MR) is 121 cm³/mol. The van der Waals surface area contributed by atoms with Gasteiger partial charge in [0.2, 0.25) is 5.95 Å². The molecular formula is C23H23F3N6O. The maximum atomic E-state index is 13.2. The molecule has 0 bridgehead atoms. The normalized spacial score (nSPS) is 13.5. The Morgan fingerprint density at radius 2 is 1.94 bits per heavy atom. The number of hydrogen-bond donors (Lipinski definition) is 2. The zero-order valence-electron chi connectivity index (χ0n) is 18.1. The molecule has 0 unspecified atom stereocenters. The van der Waals surface area contributed by atoms with Crippen molar-refractivity contribution in [3.63, 3.8) is 0 Å². The van der Waals surface area contributed by atoms with Crippen LogP contribution in [-0.4, -0.2) is 48.0 Å². The Morgan fingerprint density at radius 3 is 2.70 bits per heavy atom. The van der Waals surface area contributed by atoms with Crippen LogP contribution in [0.1, 0.15) is 21.6 Å². The molecule has 2 aromatic carbocycles. The highest BCUT2D eigenvalue weighted by atomic mass is 19.4. The quantitative estimate of drug-likeness (QED) is 0.607. The van der Waals surface area contributed by atoms with E-state index in [1.54, 1.807) is 17.2 Å². The number of rotatable bonds is 4. The summed E-state index contributed by atoms with van der Waals surface area (Å²) in [6.45, 7) is 1.24. The number of alkyl halides is 3. The fourth-order valence-electron chi connectivity index (χ4n) is 3.51. The van der Waals surface area contributed by atoms with Gasteiger partial charge in [0.25, 0.3) is 5.91 Å². The number of hydrogen-bond acceptors (Lipinski definition) is 6. The molecule has 0 fully saturated rings. The SMILES string of the molecule is CN(C)c1cccc(C(=O)N2CCNc3cnc(Nc4cccc(C(F)(F)F)c4)nc3C2)c1. The number of nitrogens with one attached hydrogen (secondary N) is 2. The second-order valence-corrected chi connectivity index (χ2v) is 7.86. The summed E-state index contributed by atoms with van der Waals surface area (Å²) in [5.41, 5.74) is 2.21. The number of fused-ring (bicyclic) bond motifs is 1. The zero-order valence-corrected chi connectivity index (χ0v) is 18.1. The Hall–Kier alpha value is -3.82. The summed E-state index contributed by atoms with van der Waals surface area (Å²) in [6, 6.07) is 12.2. The molecule has 0 atom stereocenters. The summed E-state index contributed by atoms with van der Waals surface area (Å²) >= 11 is 0. The molecule has 1 aliphatic heterocycles. The van der Waals surface area contributed by atoms with E-state index in [4.69, 9.17) is 0 Å². The molecule has 3 aromatic rings. The van der Waals surface area contributed by atoms with Crippen LogP contribution in [0.5, 0.6) is 0 Å². The van der Waals surface area contributed by atoms with Crippen molar-refractivity contribution in [2.45, 2.75) is 12.7 Å². The van der Waals surface area contributed by atoms with Crippen molar-refractivity contribution in [3.8, 4) is 0 Å². The van der Waals surface area contributed by atoms with Crippen LogP contribution < -0.4 is 15.5 Å². The zero-order chi connectivity index (χ0) is 23.6. The first-order chi connectivity index (χ1) is 15.7. The molecule has 1 aliphatic rings. The molecule has 1 aromatic heterocycles. The third-order valence-corrected chi connectivity index (χ3v) is 5.25. The third-order valence-electron chi connectivity index (χ3n) is 5.25. The van der Waals surface area contributed by atoms with Crippen LogP contribution in [0.4, 0.5) is 36.2 Å². The average molecular weight is 456 g/mol. The van der Waals surface area contributed by atoms with E-state index in [1.807, 2.05) is 37.2 Å². The molecule has 0 saturated carbocycles. The van der Waals surface area contributed by atoms with Crippen LogP contribution in [0.15, 0.2) is 54.7 Å². The molecular weight excluding hydrogens is 433 g/mol. The van der Waals surface area contributed by atoms with Gasteiger partial charge in [-0.2, -0.15) is 13.2 Å². The lowest BCUT2D eigenvalue weighted by atomic mass is 10.1. The Kier molecular flexibility index (Phi) is 6.08. The lowest BCUT2D eigenvalue weighted by Crippen LogP contribution is -2.33. The lowest BCUT2D eigenvalue weighted by molar-refractivity contribution is -0.137. The topological polar surface area (TPSA) is 73.4 Å². The number of amides is 1. The van der Waals surface area contributed by atoms with Crippen molar-refractivity contribution in [3.05, 3.63) is 71.5 Å². The molecule has 2 heterocycles.